The SMILES string of the molecule is CCN(CCCNc1cccc(Br)c1C#N)S(C)(=O)=O. The molecule has 0 radical (unpaired) electrons. The van der Waals surface area contributed by atoms with Crippen molar-refractivity contribution in [3.63, 3.8) is 0 Å². The van der Waals surface area contributed by atoms with Crippen LogP contribution in [0.15, 0.2) is 22.7 Å². The van der Waals surface area contributed by atoms with E-state index in [1.165, 1.54) is 10.6 Å². The second-order valence-electron chi connectivity index (χ2n) is 4.31. The molecule has 1 N–H and O–H groups in total. The van der Waals surface area contributed by atoms with E-state index >= 15 is 0 Å². The van der Waals surface area contributed by atoms with Gasteiger partial charge in [0.25, 0.3) is 0 Å². The lowest BCUT2D eigenvalue weighted by molar-refractivity contribution is 0.429. The van der Waals surface area contributed by atoms with Gasteiger partial charge in [0.05, 0.1) is 17.5 Å². The van der Waals surface area contributed by atoms with Crippen molar-refractivity contribution >= 4 is 31.6 Å². The molecule has 0 unspecified atom stereocenters. The number of halogens is 1. The van der Waals surface area contributed by atoms with Crippen LogP contribution >= 0.6 is 15.9 Å². The van der Waals surface area contributed by atoms with Crippen LogP contribution in [0.4, 0.5) is 5.69 Å². The number of anilines is 1. The highest BCUT2D eigenvalue weighted by atomic mass is 79.9. The van der Waals surface area contributed by atoms with E-state index in [1.807, 2.05) is 25.1 Å². The van der Waals surface area contributed by atoms with E-state index in [0.717, 1.165) is 10.2 Å². The lowest BCUT2D eigenvalue weighted by Gasteiger charge is -2.18. The molecule has 1 aromatic rings. The molecular formula is C13H18BrN3O2S. The Morgan fingerprint density at radius 1 is 1.45 bits per heavy atom. The Hall–Kier alpha value is -1.10. The first-order valence-electron chi connectivity index (χ1n) is 6.27. The summed E-state index contributed by atoms with van der Waals surface area (Å²) in [4.78, 5) is 0. The molecule has 0 bridgehead atoms. The van der Waals surface area contributed by atoms with Crippen LogP contribution in [0.1, 0.15) is 18.9 Å². The molecule has 0 saturated heterocycles. The number of hydrogen-bond donors (Lipinski definition) is 1. The number of hydrogen-bond acceptors (Lipinski definition) is 4. The summed E-state index contributed by atoms with van der Waals surface area (Å²) in [5.41, 5.74) is 1.31. The van der Waals surface area contributed by atoms with Gasteiger partial charge < -0.3 is 5.32 Å². The average molecular weight is 360 g/mol. The molecule has 5 nitrogen and oxygen atoms in total. The van der Waals surface area contributed by atoms with Crippen LogP contribution in [0.25, 0.3) is 0 Å². The minimum absolute atomic E-state index is 0.470. The summed E-state index contributed by atoms with van der Waals surface area (Å²) in [5, 5.41) is 12.2. The van der Waals surface area contributed by atoms with Crippen LogP contribution < -0.4 is 5.32 Å². The zero-order valence-corrected chi connectivity index (χ0v) is 14.0. The average Bonchev–Trinajstić information content (AvgIpc) is 2.37. The van der Waals surface area contributed by atoms with Gasteiger partial charge in [-0.25, -0.2) is 12.7 Å². The lowest BCUT2D eigenvalue weighted by atomic mass is 10.2. The summed E-state index contributed by atoms with van der Waals surface area (Å²) in [6, 6.07) is 7.63. The van der Waals surface area contributed by atoms with Crippen molar-refractivity contribution in [2.24, 2.45) is 0 Å². The van der Waals surface area contributed by atoms with Crippen molar-refractivity contribution in [3.8, 4) is 6.07 Å². The summed E-state index contributed by atoms with van der Waals surface area (Å²) in [7, 11) is -3.13. The molecule has 0 heterocycles. The van der Waals surface area contributed by atoms with E-state index in [2.05, 4.69) is 27.3 Å². The molecular weight excluding hydrogens is 342 g/mol. The van der Waals surface area contributed by atoms with Crippen LogP contribution in [0.3, 0.4) is 0 Å². The van der Waals surface area contributed by atoms with Crippen LogP contribution in [0.5, 0.6) is 0 Å². The quantitative estimate of drug-likeness (QED) is 0.758. The van der Waals surface area contributed by atoms with Crippen molar-refractivity contribution < 1.29 is 8.42 Å². The van der Waals surface area contributed by atoms with Gasteiger partial charge in [-0.05, 0) is 34.5 Å². The molecule has 0 aliphatic carbocycles. The Morgan fingerprint density at radius 3 is 2.70 bits per heavy atom. The monoisotopic (exact) mass is 359 g/mol. The number of rotatable bonds is 7. The van der Waals surface area contributed by atoms with E-state index in [4.69, 9.17) is 5.26 Å². The van der Waals surface area contributed by atoms with Gasteiger partial charge in [0.1, 0.15) is 6.07 Å². The Labute approximate surface area is 128 Å². The van der Waals surface area contributed by atoms with Gasteiger partial charge in [0.2, 0.25) is 10.0 Å². The molecule has 1 rings (SSSR count). The Balaban J connectivity index is 2.54. The number of nitrogens with one attached hydrogen (secondary N) is 1. The van der Waals surface area contributed by atoms with Gasteiger partial charge in [-0.2, -0.15) is 5.26 Å². The molecule has 0 fully saturated rings. The topological polar surface area (TPSA) is 73.2 Å². The third kappa shape index (κ3) is 4.78. The summed E-state index contributed by atoms with van der Waals surface area (Å²) < 4.78 is 25.0. The minimum atomic E-state index is -3.13. The summed E-state index contributed by atoms with van der Waals surface area (Å²) in [6.07, 6.45) is 1.89. The predicted octanol–water partition coefficient (Wildman–Crippen LogP) is 2.40. The first-order valence-corrected chi connectivity index (χ1v) is 8.92. The third-order valence-electron chi connectivity index (χ3n) is 2.85. The Bertz CT molecular complexity index is 596. The smallest absolute Gasteiger partial charge is 0.211 e. The molecule has 1 aromatic carbocycles. The molecule has 0 aliphatic rings. The second kappa shape index (κ2) is 7.62. The molecule has 0 spiro atoms. The van der Waals surface area contributed by atoms with E-state index < -0.39 is 10.0 Å². The molecule has 0 aromatic heterocycles. The van der Waals surface area contributed by atoms with Crippen molar-refractivity contribution in [1.82, 2.24) is 4.31 Å². The van der Waals surface area contributed by atoms with Crippen molar-refractivity contribution in [2.75, 3.05) is 31.2 Å². The van der Waals surface area contributed by atoms with Crippen LogP contribution in [-0.2, 0) is 10.0 Å². The lowest BCUT2D eigenvalue weighted by Crippen LogP contribution is -2.31. The summed E-state index contributed by atoms with van der Waals surface area (Å²) in [5.74, 6) is 0. The molecule has 0 atom stereocenters. The van der Waals surface area contributed by atoms with Crippen molar-refractivity contribution in [3.05, 3.63) is 28.2 Å². The fourth-order valence-electron chi connectivity index (χ4n) is 1.82. The predicted molar refractivity (Wildman–Crippen MR) is 84.1 cm³/mol. The number of nitrogens with zero attached hydrogens (tertiary/aromatic N) is 2. The zero-order chi connectivity index (χ0) is 15.2. The van der Waals surface area contributed by atoms with Gasteiger partial charge in [0.15, 0.2) is 0 Å². The maximum absolute atomic E-state index is 11.4. The molecule has 0 aliphatic heterocycles. The maximum Gasteiger partial charge on any atom is 0.211 e. The number of benzene rings is 1. The van der Waals surface area contributed by atoms with Gasteiger partial charge in [-0.1, -0.05) is 13.0 Å². The van der Waals surface area contributed by atoms with Gasteiger partial charge in [-0.3, -0.25) is 0 Å². The molecule has 0 amide bonds. The van der Waals surface area contributed by atoms with E-state index in [-0.39, 0.29) is 0 Å². The fraction of sp³-hybridized carbons (Fsp3) is 0.462. The summed E-state index contributed by atoms with van der Waals surface area (Å²) >= 11 is 3.33. The highest BCUT2D eigenvalue weighted by molar-refractivity contribution is 9.10. The Kier molecular flexibility index (Phi) is 6.46. The first-order chi connectivity index (χ1) is 9.40. The molecule has 110 valence electrons. The molecule has 0 saturated carbocycles. The first kappa shape index (κ1) is 17.0. The standard InChI is InChI=1S/C13H18BrN3O2S/c1-3-17(20(2,18)19)9-5-8-16-13-7-4-6-12(14)11(13)10-15/h4,6-7,16H,3,5,8-9H2,1-2H3. The van der Waals surface area contributed by atoms with E-state index in [1.54, 1.807) is 0 Å². The van der Waals surface area contributed by atoms with E-state index in [0.29, 0.717) is 31.6 Å². The number of sulfonamides is 1. The largest absolute Gasteiger partial charge is 0.384 e. The second-order valence-corrected chi connectivity index (χ2v) is 7.15. The van der Waals surface area contributed by atoms with Gasteiger partial charge >= 0.3 is 0 Å². The summed E-state index contributed by atoms with van der Waals surface area (Å²) in [6.45, 7) is 3.37. The minimum Gasteiger partial charge on any atom is -0.384 e. The fourth-order valence-corrected chi connectivity index (χ4v) is 3.21. The highest BCUT2D eigenvalue weighted by Gasteiger charge is 2.13. The van der Waals surface area contributed by atoms with Crippen molar-refractivity contribution in [2.45, 2.75) is 13.3 Å². The Morgan fingerprint density at radius 2 is 2.15 bits per heavy atom. The third-order valence-corrected chi connectivity index (χ3v) is 4.89. The zero-order valence-electron chi connectivity index (χ0n) is 11.6. The molecule has 7 heteroatoms. The highest BCUT2D eigenvalue weighted by Crippen LogP contribution is 2.23. The number of nitriles is 1. The van der Waals surface area contributed by atoms with Gasteiger partial charge in [0, 0.05) is 24.1 Å². The van der Waals surface area contributed by atoms with Gasteiger partial charge in [-0.15, -0.1) is 0 Å². The van der Waals surface area contributed by atoms with Crippen molar-refractivity contribution in [1.29, 1.82) is 5.26 Å². The van der Waals surface area contributed by atoms with E-state index in [9.17, 15) is 8.42 Å². The van der Waals surface area contributed by atoms with Crippen LogP contribution in [-0.4, -0.2) is 38.6 Å². The van der Waals surface area contributed by atoms with Crippen LogP contribution in [0, 0.1) is 11.3 Å². The normalized spacial score (nSPS) is 11.3. The molecule has 20 heavy (non-hydrogen) atoms. The van der Waals surface area contributed by atoms with Crippen LogP contribution in [0.2, 0.25) is 0 Å². The maximum atomic E-state index is 11.4.